The fourth-order valence-electron chi connectivity index (χ4n) is 2.24. The number of nitrogens with two attached hydrogens (primary N) is 1. The minimum Gasteiger partial charge on any atom is -0.399 e. The molecule has 15 heavy (non-hydrogen) atoms. The lowest BCUT2D eigenvalue weighted by molar-refractivity contribution is 0.658. The van der Waals surface area contributed by atoms with Crippen molar-refractivity contribution in [2.45, 2.75) is 6.42 Å². The molecule has 1 atom stereocenters. The third-order valence-corrected chi connectivity index (χ3v) is 3.13. The van der Waals surface area contributed by atoms with Crippen molar-refractivity contribution in [1.29, 1.82) is 5.26 Å². The Morgan fingerprint density at radius 2 is 2.00 bits per heavy atom. The SMILES string of the molecule is N#CC1=C2C(c3ccc(N)cc3)=CC2C1. The molecule has 0 saturated heterocycles. The van der Waals surface area contributed by atoms with E-state index in [-0.39, 0.29) is 0 Å². The van der Waals surface area contributed by atoms with Gasteiger partial charge < -0.3 is 5.73 Å². The third-order valence-electron chi connectivity index (χ3n) is 3.13. The Labute approximate surface area is 88.3 Å². The maximum absolute atomic E-state index is 8.86. The zero-order chi connectivity index (χ0) is 10.4. The number of hydrogen-bond acceptors (Lipinski definition) is 2. The summed E-state index contributed by atoms with van der Waals surface area (Å²) in [6.07, 6.45) is 3.17. The summed E-state index contributed by atoms with van der Waals surface area (Å²) in [4.78, 5) is 0. The van der Waals surface area contributed by atoms with E-state index in [0.717, 1.165) is 17.7 Å². The molecule has 0 spiro atoms. The molecule has 1 unspecified atom stereocenters. The van der Waals surface area contributed by atoms with Crippen LogP contribution < -0.4 is 5.73 Å². The quantitative estimate of drug-likeness (QED) is 0.698. The topological polar surface area (TPSA) is 49.8 Å². The second kappa shape index (κ2) is 2.74. The van der Waals surface area contributed by atoms with E-state index in [2.05, 4.69) is 12.1 Å². The maximum Gasteiger partial charge on any atom is 0.0950 e. The summed E-state index contributed by atoms with van der Waals surface area (Å²) in [6.45, 7) is 0. The van der Waals surface area contributed by atoms with Crippen molar-refractivity contribution in [3.05, 3.63) is 47.1 Å². The van der Waals surface area contributed by atoms with Gasteiger partial charge in [-0.1, -0.05) is 18.2 Å². The first kappa shape index (κ1) is 8.31. The van der Waals surface area contributed by atoms with Gasteiger partial charge in [0.15, 0.2) is 0 Å². The molecule has 0 radical (unpaired) electrons. The first-order valence-electron chi connectivity index (χ1n) is 5.01. The second-order valence-corrected chi connectivity index (χ2v) is 4.02. The van der Waals surface area contributed by atoms with E-state index in [4.69, 9.17) is 11.0 Å². The Bertz CT molecular complexity index is 527. The number of benzene rings is 1. The molecule has 0 saturated carbocycles. The van der Waals surface area contributed by atoms with Gasteiger partial charge in [0, 0.05) is 17.2 Å². The highest BCUT2D eigenvalue weighted by Gasteiger charge is 2.37. The summed E-state index contributed by atoms with van der Waals surface area (Å²) in [5.41, 5.74) is 11.0. The molecule has 0 heterocycles. The number of anilines is 1. The molecule has 2 heteroatoms. The van der Waals surface area contributed by atoms with E-state index in [0.29, 0.717) is 5.92 Å². The highest BCUT2D eigenvalue weighted by atomic mass is 14.5. The number of fused-ring (bicyclic) bond motifs is 1. The molecule has 2 N–H and O–H groups in total. The molecule has 3 rings (SSSR count). The fourth-order valence-corrected chi connectivity index (χ4v) is 2.24. The lowest BCUT2D eigenvalue weighted by Crippen LogP contribution is -2.25. The van der Waals surface area contributed by atoms with E-state index < -0.39 is 0 Å². The fraction of sp³-hybridized carbons (Fsp3) is 0.154. The lowest BCUT2D eigenvalue weighted by Gasteiger charge is -2.38. The van der Waals surface area contributed by atoms with Gasteiger partial charge in [0.2, 0.25) is 0 Å². The van der Waals surface area contributed by atoms with Crippen molar-refractivity contribution in [2.24, 2.45) is 5.92 Å². The highest BCUT2D eigenvalue weighted by Crippen LogP contribution is 2.52. The third kappa shape index (κ3) is 1.04. The van der Waals surface area contributed by atoms with Gasteiger partial charge in [-0.2, -0.15) is 5.26 Å². The summed E-state index contributed by atoms with van der Waals surface area (Å²) in [5, 5.41) is 8.86. The number of hydrogen-bond donors (Lipinski definition) is 1. The summed E-state index contributed by atoms with van der Waals surface area (Å²) in [5.74, 6) is 0.548. The number of nitrogen functional groups attached to an aromatic ring is 1. The van der Waals surface area contributed by atoms with Crippen LogP contribution in [0.15, 0.2) is 41.5 Å². The Morgan fingerprint density at radius 3 is 2.60 bits per heavy atom. The van der Waals surface area contributed by atoms with Crippen molar-refractivity contribution < 1.29 is 0 Å². The second-order valence-electron chi connectivity index (χ2n) is 4.02. The van der Waals surface area contributed by atoms with E-state index in [1.165, 1.54) is 16.7 Å². The molecule has 0 amide bonds. The van der Waals surface area contributed by atoms with Crippen molar-refractivity contribution in [3.8, 4) is 6.07 Å². The summed E-state index contributed by atoms with van der Waals surface area (Å²) in [6, 6.07) is 10.1. The molecule has 2 aliphatic rings. The van der Waals surface area contributed by atoms with Crippen LogP contribution in [0.25, 0.3) is 5.57 Å². The Hall–Kier alpha value is -2.01. The van der Waals surface area contributed by atoms with Gasteiger partial charge in [0.25, 0.3) is 0 Å². The highest BCUT2D eigenvalue weighted by molar-refractivity contribution is 5.91. The van der Waals surface area contributed by atoms with Crippen LogP contribution in [0.5, 0.6) is 0 Å². The lowest BCUT2D eigenvalue weighted by atomic mass is 9.64. The zero-order valence-corrected chi connectivity index (χ0v) is 8.20. The molecular weight excluding hydrogens is 184 g/mol. The molecule has 1 aromatic rings. The Balaban J connectivity index is 2.00. The van der Waals surface area contributed by atoms with Crippen molar-refractivity contribution in [1.82, 2.24) is 0 Å². The van der Waals surface area contributed by atoms with Crippen LogP contribution in [0.3, 0.4) is 0 Å². The normalized spacial score (nSPS) is 22.1. The smallest absolute Gasteiger partial charge is 0.0950 e. The van der Waals surface area contributed by atoms with Crippen LogP contribution in [0, 0.1) is 17.2 Å². The van der Waals surface area contributed by atoms with Gasteiger partial charge in [-0.3, -0.25) is 0 Å². The molecule has 1 aromatic carbocycles. The molecule has 2 aliphatic carbocycles. The maximum atomic E-state index is 8.86. The number of nitriles is 1. The van der Waals surface area contributed by atoms with Crippen molar-refractivity contribution in [2.75, 3.05) is 5.73 Å². The molecule has 2 nitrogen and oxygen atoms in total. The molecule has 0 aromatic heterocycles. The summed E-state index contributed by atoms with van der Waals surface area (Å²) in [7, 11) is 0. The van der Waals surface area contributed by atoms with Gasteiger partial charge in [-0.15, -0.1) is 0 Å². The van der Waals surface area contributed by atoms with Crippen LogP contribution in [0.4, 0.5) is 5.69 Å². The Kier molecular flexibility index (Phi) is 1.52. The van der Waals surface area contributed by atoms with Crippen molar-refractivity contribution >= 4 is 11.3 Å². The predicted octanol–water partition coefficient (Wildman–Crippen LogP) is 2.51. The average molecular weight is 194 g/mol. The monoisotopic (exact) mass is 194 g/mol. The summed E-state index contributed by atoms with van der Waals surface area (Å²) < 4.78 is 0. The first-order valence-corrected chi connectivity index (χ1v) is 5.01. The van der Waals surface area contributed by atoms with Gasteiger partial charge in [-0.05, 0) is 35.3 Å². The standard InChI is InChI=1S/C13H10N2/c14-7-10-5-9-6-12(13(9)10)8-1-3-11(15)4-2-8/h1-4,6,9H,5,15H2. The minimum absolute atomic E-state index is 0.548. The predicted molar refractivity (Wildman–Crippen MR) is 59.6 cm³/mol. The molecular formula is C13H10N2. The van der Waals surface area contributed by atoms with E-state index in [1.54, 1.807) is 0 Å². The van der Waals surface area contributed by atoms with E-state index in [1.807, 2.05) is 24.3 Å². The van der Waals surface area contributed by atoms with Crippen LogP contribution in [-0.4, -0.2) is 0 Å². The molecule has 0 bridgehead atoms. The number of rotatable bonds is 1. The molecule has 72 valence electrons. The first-order chi connectivity index (χ1) is 7.29. The zero-order valence-electron chi connectivity index (χ0n) is 8.20. The number of nitrogens with zero attached hydrogens (tertiary/aromatic N) is 1. The van der Waals surface area contributed by atoms with Gasteiger partial charge >= 0.3 is 0 Å². The van der Waals surface area contributed by atoms with Crippen molar-refractivity contribution in [3.63, 3.8) is 0 Å². The largest absolute Gasteiger partial charge is 0.399 e. The average Bonchev–Trinajstić information content (AvgIpc) is 2.22. The van der Waals surface area contributed by atoms with Crippen LogP contribution in [-0.2, 0) is 0 Å². The van der Waals surface area contributed by atoms with E-state index in [9.17, 15) is 0 Å². The molecule has 0 aliphatic heterocycles. The van der Waals surface area contributed by atoms with E-state index >= 15 is 0 Å². The molecule has 0 fully saturated rings. The van der Waals surface area contributed by atoms with Gasteiger partial charge in [0.1, 0.15) is 0 Å². The van der Waals surface area contributed by atoms with Gasteiger partial charge in [-0.25, -0.2) is 0 Å². The summed E-state index contributed by atoms with van der Waals surface area (Å²) >= 11 is 0. The number of allylic oxidation sites excluding steroid dienone is 4. The van der Waals surface area contributed by atoms with Crippen LogP contribution >= 0.6 is 0 Å². The van der Waals surface area contributed by atoms with Gasteiger partial charge in [0.05, 0.1) is 6.07 Å². The Morgan fingerprint density at radius 1 is 1.27 bits per heavy atom. The van der Waals surface area contributed by atoms with Crippen LogP contribution in [0.1, 0.15) is 12.0 Å². The minimum atomic E-state index is 0.548. The van der Waals surface area contributed by atoms with Crippen LogP contribution in [0.2, 0.25) is 0 Å².